The summed E-state index contributed by atoms with van der Waals surface area (Å²) < 4.78 is 26.3. The smallest absolute Gasteiger partial charge is 0.270 e. The number of sulfonamides is 1. The van der Waals surface area contributed by atoms with Crippen molar-refractivity contribution in [2.24, 2.45) is 0 Å². The van der Waals surface area contributed by atoms with Gasteiger partial charge in [0.15, 0.2) is 0 Å². The van der Waals surface area contributed by atoms with Crippen molar-refractivity contribution in [2.45, 2.75) is 31.2 Å². The minimum absolute atomic E-state index is 0.0861. The molecular formula is C12H19N3O4S. The Labute approximate surface area is 118 Å². The topological polar surface area (TPSA) is 92.5 Å². The normalized spacial score (nSPS) is 13.2. The third kappa shape index (κ3) is 3.07. The summed E-state index contributed by atoms with van der Waals surface area (Å²) >= 11 is 0. The average molecular weight is 301 g/mol. The van der Waals surface area contributed by atoms with E-state index in [1.165, 1.54) is 23.5 Å². The molecule has 0 radical (unpaired) electrons. The molecule has 0 aliphatic carbocycles. The monoisotopic (exact) mass is 301 g/mol. The van der Waals surface area contributed by atoms with Gasteiger partial charge in [0.05, 0.1) is 10.6 Å². The Hall–Kier alpha value is -1.67. The van der Waals surface area contributed by atoms with Crippen molar-refractivity contribution in [1.82, 2.24) is 4.31 Å². The molecule has 8 heteroatoms. The van der Waals surface area contributed by atoms with Gasteiger partial charge in [-0.15, -0.1) is 0 Å². The molecule has 0 fully saturated rings. The Morgan fingerprint density at radius 2 is 2.05 bits per heavy atom. The minimum atomic E-state index is -3.78. The Morgan fingerprint density at radius 1 is 1.45 bits per heavy atom. The largest absolute Gasteiger partial charge is 0.387 e. The zero-order valence-electron chi connectivity index (χ0n) is 12.0. The van der Waals surface area contributed by atoms with Gasteiger partial charge in [0.2, 0.25) is 10.0 Å². The van der Waals surface area contributed by atoms with E-state index in [0.29, 0.717) is 12.1 Å². The van der Waals surface area contributed by atoms with Crippen molar-refractivity contribution in [3.63, 3.8) is 0 Å². The van der Waals surface area contributed by atoms with Crippen molar-refractivity contribution in [3.8, 4) is 0 Å². The summed E-state index contributed by atoms with van der Waals surface area (Å²) in [5.41, 5.74) is 0.0888. The lowest BCUT2D eigenvalue weighted by molar-refractivity contribution is -0.385. The Kier molecular flexibility index (Phi) is 5.07. The summed E-state index contributed by atoms with van der Waals surface area (Å²) in [7, 11) is -0.736. The van der Waals surface area contributed by atoms with E-state index in [1.807, 2.05) is 6.92 Å². The van der Waals surface area contributed by atoms with Crippen LogP contribution in [0.3, 0.4) is 0 Å². The van der Waals surface area contributed by atoms with Gasteiger partial charge >= 0.3 is 0 Å². The molecule has 1 N–H and O–H groups in total. The maximum atomic E-state index is 12.6. The molecule has 112 valence electrons. The first-order chi connectivity index (χ1) is 9.25. The number of non-ortho nitro benzene ring substituents is 1. The van der Waals surface area contributed by atoms with Crippen LogP contribution >= 0.6 is 0 Å². The first-order valence-corrected chi connectivity index (χ1v) is 7.64. The molecule has 0 saturated heterocycles. The van der Waals surface area contributed by atoms with Gasteiger partial charge in [-0.25, -0.2) is 8.42 Å². The number of nitrogens with zero attached hydrogens (tertiary/aromatic N) is 2. The number of anilines is 1. The molecule has 0 heterocycles. The number of hydrogen-bond donors (Lipinski definition) is 1. The fraction of sp³-hybridized carbons (Fsp3) is 0.500. The maximum Gasteiger partial charge on any atom is 0.270 e. The standard InChI is InChI=1S/C12H19N3O4S/c1-5-9(2)14(4)20(18,19)12-8-10(15(16)17)6-7-11(12)13-3/h6-9,13H,5H2,1-4H3. The molecule has 0 amide bonds. The van der Waals surface area contributed by atoms with E-state index < -0.39 is 14.9 Å². The van der Waals surface area contributed by atoms with E-state index in [0.717, 1.165) is 6.07 Å². The Balaban J connectivity index is 3.42. The number of hydrogen-bond acceptors (Lipinski definition) is 5. The van der Waals surface area contributed by atoms with E-state index >= 15 is 0 Å². The van der Waals surface area contributed by atoms with Gasteiger partial charge in [-0.3, -0.25) is 10.1 Å². The van der Waals surface area contributed by atoms with E-state index in [1.54, 1.807) is 14.0 Å². The fourth-order valence-electron chi connectivity index (χ4n) is 1.69. The van der Waals surface area contributed by atoms with E-state index in [-0.39, 0.29) is 16.6 Å². The van der Waals surface area contributed by atoms with Gasteiger partial charge in [-0.1, -0.05) is 6.92 Å². The summed E-state index contributed by atoms with van der Waals surface area (Å²) in [6.07, 6.45) is 0.652. The Bertz CT molecular complexity index is 601. The van der Waals surface area contributed by atoms with Crippen molar-refractivity contribution in [2.75, 3.05) is 19.4 Å². The van der Waals surface area contributed by atoms with Crippen LogP contribution in [0.2, 0.25) is 0 Å². The van der Waals surface area contributed by atoms with Crippen molar-refractivity contribution in [1.29, 1.82) is 0 Å². The molecule has 0 saturated carbocycles. The fourth-order valence-corrected chi connectivity index (χ4v) is 3.34. The van der Waals surface area contributed by atoms with Crippen LogP contribution in [-0.2, 0) is 10.0 Å². The van der Waals surface area contributed by atoms with Crippen LogP contribution in [0.5, 0.6) is 0 Å². The van der Waals surface area contributed by atoms with E-state index in [4.69, 9.17) is 0 Å². The molecule has 0 bridgehead atoms. The van der Waals surface area contributed by atoms with Crippen LogP contribution in [0.4, 0.5) is 11.4 Å². The van der Waals surface area contributed by atoms with Crippen molar-refractivity contribution in [3.05, 3.63) is 28.3 Å². The van der Waals surface area contributed by atoms with Gasteiger partial charge in [0, 0.05) is 32.3 Å². The second kappa shape index (κ2) is 6.19. The highest BCUT2D eigenvalue weighted by atomic mass is 32.2. The first kappa shape index (κ1) is 16.4. The van der Waals surface area contributed by atoms with Crippen LogP contribution in [0.15, 0.2) is 23.1 Å². The van der Waals surface area contributed by atoms with Gasteiger partial charge in [0.1, 0.15) is 4.90 Å². The molecule has 0 aliphatic rings. The zero-order valence-corrected chi connectivity index (χ0v) is 12.8. The molecule has 1 atom stereocenters. The summed E-state index contributed by atoms with van der Waals surface area (Å²) in [6.45, 7) is 3.66. The van der Waals surface area contributed by atoms with Gasteiger partial charge in [0.25, 0.3) is 5.69 Å². The second-order valence-electron chi connectivity index (χ2n) is 4.47. The molecule has 0 spiro atoms. The summed E-state index contributed by atoms with van der Waals surface area (Å²) in [6, 6.07) is 3.56. The van der Waals surface area contributed by atoms with Gasteiger partial charge < -0.3 is 5.32 Å². The molecule has 20 heavy (non-hydrogen) atoms. The molecule has 1 unspecified atom stereocenters. The average Bonchev–Trinajstić information content (AvgIpc) is 2.44. The SMILES string of the molecule is CCC(C)N(C)S(=O)(=O)c1cc([N+](=O)[O-])ccc1NC. The highest BCUT2D eigenvalue weighted by Gasteiger charge is 2.28. The number of nitro groups is 1. The molecule has 0 aliphatic heterocycles. The quantitative estimate of drug-likeness (QED) is 0.641. The van der Waals surface area contributed by atoms with Crippen LogP contribution in [0, 0.1) is 10.1 Å². The zero-order chi connectivity index (χ0) is 15.5. The molecule has 0 aromatic heterocycles. The third-order valence-electron chi connectivity index (χ3n) is 3.31. The third-order valence-corrected chi connectivity index (χ3v) is 5.33. The van der Waals surface area contributed by atoms with Crippen molar-refractivity contribution >= 4 is 21.4 Å². The molecule has 7 nitrogen and oxygen atoms in total. The molecule has 1 rings (SSSR count). The highest BCUT2D eigenvalue weighted by Crippen LogP contribution is 2.29. The molecular weight excluding hydrogens is 282 g/mol. The number of nitrogens with one attached hydrogen (secondary N) is 1. The lowest BCUT2D eigenvalue weighted by atomic mass is 10.3. The number of benzene rings is 1. The van der Waals surface area contributed by atoms with Crippen LogP contribution in [0.1, 0.15) is 20.3 Å². The van der Waals surface area contributed by atoms with Crippen LogP contribution < -0.4 is 5.32 Å². The van der Waals surface area contributed by atoms with E-state index in [2.05, 4.69) is 5.32 Å². The maximum absolute atomic E-state index is 12.6. The van der Waals surface area contributed by atoms with Gasteiger partial charge in [-0.2, -0.15) is 4.31 Å². The predicted molar refractivity (Wildman–Crippen MR) is 77.3 cm³/mol. The summed E-state index contributed by atoms with van der Waals surface area (Å²) in [5, 5.41) is 13.6. The predicted octanol–water partition coefficient (Wildman–Crippen LogP) is 2.06. The number of nitro benzene ring substituents is 1. The highest BCUT2D eigenvalue weighted by molar-refractivity contribution is 7.89. The second-order valence-corrected chi connectivity index (χ2v) is 6.43. The van der Waals surface area contributed by atoms with Crippen LogP contribution in [-0.4, -0.2) is 37.8 Å². The van der Waals surface area contributed by atoms with Crippen LogP contribution in [0.25, 0.3) is 0 Å². The minimum Gasteiger partial charge on any atom is -0.387 e. The van der Waals surface area contributed by atoms with E-state index in [9.17, 15) is 18.5 Å². The first-order valence-electron chi connectivity index (χ1n) is 6.19. The summed E-state index contributed by atoms with van der Waals surface area (Å²) in [4.78, 5) is 10.1. The lowest BCUT2D eigenvalue weighted by Crippen LogP contribution is -2.35. The number of rotatable bonds is 6. The molecule has 1 aromatic rings. The Morgan fingerprint density at radius 3 is 2.50 bits per heavy atom. The lowest BCUT2D eigenvalue weighted by Gasteiger charge is -2.24. The van der Waals surface area contributed by atoms with Crippen molar-refractivity contribution < 1.29 is 13.3 Å². The van der Waals surface area contributed by atoms with Gasteiger partial charge in [-0.05, 0) is 19.4 Å². The summed E-state index contributed by atoms with van der Waals surface area (Å²) in [5.74, 6) is 0. The molecule has 1 aromatic carbocycles.